The van der Waals surface area contributed by atoms with Gasteiger partial charge in [-0.15, -0.1) is 0 Å². The molecule has 28 heavy (non-hydrogen) atoms. The molecule has 1 heterocycles. The van der Waals surface area contributed by atoms with Crippen LogP contribution in [0.25, 0.3) is 0 Å². The van der Waals surface area contributed by atoms with E-state index < -0.39 is 0 Å². The van der Waals surface area contributed by atoms with Crippen molar-refractivity contribution in [1.29, 1.82) is 0 Å². The summed E-state index contributed by atoms with van der Waals surface area (Å²) < 4.78 is 5.42. The van der Waals surface area contributed by atoms with Gasteiger partial charge in [0.15, 0.2) is 0 Å². The lowest BCUT2D eigenvalue weighted by Crippen LogP contribution is -2.31. The summed E-state index contributed by atoms with van der Waals surface area (Å²) in [6, 6.07) is 4.86. The number of hydrogen-bond donors (Lipinski definition) is 0. The van der Waals surface area contributed by atoms with Crippen molar-refractivity contribution in [1.82, 2.24) is 0 Å². The average Bonchev–Trinajstić information content (AvgIpc) is 2.93. The van der Waals surface area contributed by atoms with E-state index in [0.29, 0.717) is 52.1 Å². The number of nitrogens with zero attached hydrogens (tertiary/aromatic N) is 1. The van der Waals surface area contributed by atoms with Crippen LogP contribution in [0.4, 0.5) is 5.69 Å². The van der Waals surface area contributed by atoms with Gasteiger partial charge in [0.25, 0.3) is 11.8 Å². The van der Waals surface area contributed by atoms with Crippen molar-refractivity contribution in [2.75, 3.05) is 17.3 Å². The van der Waals surface area contributed by atoms with E-state index in [1.165, 1.54) is 4.90 Å². The van der Waals surface area contributed by atoms with E-state index in [1.54, 1.807) is 25.1 Å². The van der Waals surface area contributed by atoms with Crippen LogP contribution in [-0.4, -0.2) is 35.3 Å². The van der Waals surface area contributed by atoms with Gasteiger partial charge in [-0.3, -0.25) is 19.2 Å². The molecule has 0 saturated heterocycles. The summed E-state index contributed by atoms with van der Waals surface area (Å²) in [5.74, 6) is -0.613. The zero-order valence-electron chi connectivity index (χ0n) is 15.5. The molecule has 0 unspecified atom stereocenters. The number of esters is 1. The molecule has 0 N–H and O–H groups in total. The van der Waals surface area contributed by atoms with Gasteiger partial charge in [0.1, 0.15) is 0 Å². The van der Waals surface area contributed by atoms with E-state index in [0.717, 1.165) is 24.6 Å². The number of anilines is 1. The van der Waals surface area contributed by atoms with Gasteiger partial charge in [0, 0.05) is 26.9 Å². The van der Waals surface area contributed by atoms with Crippen LogP contribution in [0.5, 0.6) is 0 Å². The van der Waals surface area contributed by atoms with E-state index >= 15 is 0 Å². The number of benzene rings is 1. The Labute approximate surface area is 175 Å². The highest BCUT2D eigenvalue weighted by molar-refractivity contribution is 9.10. The first-order valence-electron chi connectivity index (χ1n) is 9.17. The number of rotatable bonds is 6. The first-order chi connectivity index (χ1) is 13.4. The third-order valence-corrected chi connectivity index (χ3v) is 6.24. The van der Waals surface area contributed by atoms with E-state index in [9.17, 15) is 19.2 Å². The molecule has 0 saturated carbocycles. The Hall–Kier alpha value is -1.93. The highest BCUT2D eigenvalue weighted by Gasteiger charge is 2.39. The number of carbonyl (C=O) groups excluding carboxylic acids is 4. The Balaban J connectivity index is 1.75. The van der Waals surface area contributed by atoms with Crippen LogP contribution in [-0.2, 0) is 19.1 Å². The van der Waals surface area contributed by atoms with Gasteiger partial charge in [-0.2, -0.15) is 0 Å². The van der Waals surface area contributed by atoms with Crippen LogP contribution in [0.3, 0.4) is 0 Å². The monoisotopic (exact) mass is 465 g/mol. The van der Waals surface area contributed by atoms with Crippen LogP contribution < -0.4 is 4.90 Å². The third kappa shape index (κ3) is 4.22. The first kappa shape index (κ1) is 20.8. The molecule has 1 aromatic rings. The molecule has 0 spiro atoms. The Morgan fingerprint density at radius 3 is 2.39 bits per heavy atom. The molecule has 0 fully saturated rings. The predicted octanol–water partition coefficient (Wildman–Crippen LogP) is 4.02. The van der Waals surface area contributed by atoms with Gasteiger partial charge in [-0.1, -0.05) is 27.7 Å². The smallest absolute Gasteiger partial charge is 0.306 e. The van der Waals surface area contributed by atoms with Crippen LogP contribution in [0, 0.1) is 0 Å². The van der Waals surface area contributed by atoms with E-state index in [-0.39, 0.29) is 29.3 Å². The molecule has 0 atom stereocenters. The summed E-state index contributed by atoms with van der Waals surface area (Å²) in [6.07, 6.45) is 3.21. The van der Waals surface area contributed by atoms with Crippen LogP contribution >= 0.6 is 27.7 Å². The van der Waals surface area contributed by atoms with E-state index in [4.69, 9.17) is 4.74 Å². The van der Waals surface area contributed by atoms with Gasteiger partial charge in [-0.25, -0.2) is 4.90 Å². The third-order valence-electron chi connectivity index (χ3n) is 4.66. The minimum absolute atomic E-state index is 0.140. The number of halogens is 1. The fourth-order valence-corrected chi connectivity index (χ4v) is 4.66. The largest absolute Gasteiger partial charge is 0.466 e. The number of amides is 2. The van der Waals surface area contributed by atoms with Crippen molar-refractivity contribution in [3.05, 3.63) is 39.4 Å². The second-order valence-corrected chi connectivity index (χ2v) is 8.39. The van der Waals surface area contributed by atoms with E-state index in [2.05, 4.69) is 15.9 Å². The summed E-state index contributed by atoms with van der Waals surface area (Å²) >= 11 is 4.35. The predicted molar refractivity (Wildman–Crippen MR) is 110 cm³/mol. The highest BCUT2D eigenvalue weighted by Crippen LogP contribution is 2.37. The molecule has 2 aliphatic rings. The molecule has 6 nitrogen and oxygen atoms in total. The summed E-state index contributed by atoms with van der Waals surface area (Å²) in [7, 11) is 0. The normalized spacial score (nSPS) is 16.4. The van der Waals surface area contributed by atoms with Crippen LogP contribution in [0.2, 0.25) is 0 Å². The van der Waals surface area contributed by atoms with Crippen molar-refractivity contribution in [2.45, 2.75) is 39.0 Å². The summed E-state index contributed by atoms with van der Waals surface area (Å²) in [5, 5.41) is -0.241. The zero-order chi connectivity index (χ0) is 20.3. The van der Waals surface area contributed by atoms with Crippen molar-refractivity contribution in [2.24, 2.45) is 0 Å². The number of imide groups is 1. The van der Waals surface area contributed by atoms with Gasteiger partial charge < -0.3 is 4.74 Å². The lowest BCUT2D eigenvalue weighted by Gasteiger charge is -2.16. The maximum atomic E-state index is 12.7. The fraction of sp³-hybridized carbons (Fsp3) is 0.400. The van der Waals surface area contributed by atoms with Crippen molar-refractivity contribution >= 4 is 56.3 Å². The molecule has 1 aliphatic heterocycles. The maximum absolute atomic E-state index is 12.7. The molecule has 0 aromatic heterocycles. The first-order valence-corrected chi connectivity index (χ1v) is 10.9. The quantitative estimate of drug-likeness (QED) is 0.466. The molecule has 1 aromatic carbocycles. The minimum atomic E-state index is -0.347. The topological polar surface area (TPSA) is 80.8 Å². The molecule has 8 heteroatoms. The molecular formula is C20H20BrNO5S. The summed E-state index contributed by atoms with van der Waals surface area (Å²) in [5.41, 5.74) is 1.96. The fourth-order valence-electron chi connectivity index (χ4n) is 3.32. The van der Waals surface area contributed by atoms with Crippen LogP contribution in [0.1, 0.15) is 49.4 Å². The number of thioether (sulfide) groups is 1. The molecule has 1 aliphatic carbocycles. The van der Waals surface area contributed by atoms with Crippen molar-refractivity contribution in [3.63, 3.8) is 0 Å². The Kier molecular flexibility index (Phi) is 6.72. The lowest BCUT2D eigenvalue weighted by molar-refractivity contribution is -0.142. The second kappa shape index (κ2) is 9.05. The molecule has 0 radical (unpaired) electrons. The lowest BCUT2D eigenvalue weighted by atomic mass is 9.93. The molecule has 2 amide bonds. The Morgan fingerprint density at radius 2 is 1.79 bits per heavy atom. The molecule has 148 valence electrons. The number of hydrogen-bond acceptors (Lipinski definition) is 6. The van der Waals surface area contributed by atoms with Gasteiger partial charge >= 0.3 is 5.97 Å². The number of carbonyl (C=O) groups is 4. The average molecular weight is 466 g/mol. The standard InChI is InChI=1S/C20H20BrNO5S/c1-2-27-17(23)9-10-28-20(26)15-11-12(7-8-16(15)21)22-18(24)13-5-3-4-6-14(13)19(22)25/h7-8,11H,2-6,9-10H2,1H3. The van der Waals surface area contributed by atoms with Crippen molar-refractivity contribution < 1.29 is 23.9 Å². The van der Waals surface area contributed by atoms with Gasteiger partial charge in [-0.05, 0) is 50.8 Å². The Bertz CT molecular complexity index is 851. The van der Waals surface area contributed by atoms with Crippen LogP contribution in [0.15, 0.2) is 33.8 Å². The second-order valence-electron chi connectivity index (χ2n) is 6.47. The van der Waals surface area contributed by atoms with Gasteiger partial charge in [0.2, 0.25) is 5.12 Å². The zero-order valence-corrected chi connectivity index (χ0v) is 17.9. The van der Waals surface area contributed by atoms with Crippen molar-refractivity contribution in [3.8, 4) is 0 Å². The molecule has 0 bridgehead atoms. The minimum Gasteiger partial charge on any atom is -0.466 e. The molecule has 3 rings (SSSR count). The number of ether oxygens (including phenoxy) is 1. The summed E-state index contributed by atoms with van der Waals surface area (Å²) in [4.78, 5) is 50.6. The highest BCUT2D eigenvalue weighted by atomic mass is 79.9. The SMILES string of the molecule is CCOC(=O)CCSC(=O)c1cc(N2C(=O)C3=C(CCCC3)C2=O)ccc1Br. The Morgan fingerprint density at radius 1 is 1.14 bits per heavy atom. The molecular weight excluding hydrogens is 446 g/mol. The summed E-state index contributed by atoms with van der Waals surface area (Å²) in [6.45, 7) is 2.04. The maximum Gasteiger partial charge on any atom is 0.306 e. The van der Waals surface area contributed by atoms with Gasteiger partial charge in [0.05, 0.1) is 18.7 Å². The van der Waals surface area contributed by atoms with E-state index in [1.807, 2.05) is 0 Å².